The van der Waals surface area contributed by atoms with Crippen molar-refractivity contribution >= 4 is 29.1 Å². The lowest BCUT2D eigenvalue weighted by molar-refractivity contribution is 0.249. The second kappa shape index (κ2) is 5.20. The van der Waals surface area contributed by atoms with Crippen molar-refractivity contribution in [3.05, 3.63) is 11.5 Å². The summed E-state index contributed by atoms with van der Waals surface area (Å²) >= 11 is 5.57. The average Bonchev–Trinajstić information content (AvgIpc) is 2.17. The molecule has 0 bridgehead atoms. The van der Waals surface area contributed by atoms with Gasteiger partial charge in [0.1, 0.15) is 0 Å². The minimum atomic E-state index is -0.578. The molecule has 0 unspecified atom stereocenters. The van der Waals surface area contributed by atoms with Crippen LogP contribution in [0.1, 0.15) is 0 Å². The van der Waals surface area contributed by atoms with Crippen molar-refractivity contribution in [1.29, 1.82) is 0 Å². The molecule has 7 nitrogen and oxygen atoms in total. The van der Waals surface area contributed by atoms with E-state index in [1.165, 1.54) is 6.20 Å². The van der Waals surface area contributed by atoms with Crippen molar-refractivity contribution < 1.29 is 4.79 Å². The van der Waals surface area contributed by atoms with Crippen LogP contribution in [0, 0.1) is 0 Å². The molecule has 0 atom stereocenters. The van der Waals surface area contributed by atoms with E-state index >= 15 is 0 Å². The molecule has 0 radical (unpaired) electrons. The molecule has 0 aliphatic rings. The van der Waals surface area contributed by atoms with Crippen molar-refractivity contribution in [2.75, 3.05) is 24.1 Å². The van der Waals surface area contributed by atoms with Crippen molar-refractivity contribution in [2.24, 2.45) is 5.73 Å². The number of carbonyl (C=O) groups excluding carboxylic acids is 1. The highest BCUT2D eigenvalue weighted by atomic mass is 35.5. The number of nitrogens with two attached hydrogens (primary N) is 2. The maximum atomic E-state index is 10.3. The number of amides is 2. The number of nitrogen functional groups attached to an aromatic ring is 1. The average molecular weight is 231 g/mol. The maximum absolute atomic E-state index is 10.3. The molecule has 1 rings (SSSR count). The Kier molecular flexibility index (Phi) is 3.92. The summed E-state index contributed by atoms with van der Waals surface area (Å²) in [6.45, 7) is 0.816. The molecule has 0 aliphatic heterocycles. The van der Waals surface area contributed by atoms with Crippen LogP contribution in [0.4, 0.5) is 16.3 Å². The number of hydrogen-bond acceptors (Lipinski definition) is 5. The van der Waals surface area contributed by atoms with Gasteiger partial charge in [0.05, 0.1) is 11.9 Å². The van der Waals surface area contributed by atoms with Gasteiger partial charge in [0.25, 0.3) is 0 Å². The highest BCUT2D eigenvalue weighted by Gasteiger charge is 2.01. The Morgan fingerprint density at radius 1 is 1.53 bits per heavy atom. The molecule has 82 valence electrons. The molecule has 0 saturated heterocycles. The number of aromatic nitrogens is 2. The fraction of sp³-hybridized carbons (Fsp3) is 0.286. The summed E-state index contributed by atoms with van der Waals surface area (Å²) in [5, 5.41) is 5.39. The lowest BCUT2D eigenvalue weighted by Gasteiger charge is -2.07. The first kappa shape index (κ1) is 11.3. The SMILES string of the molecule is NC(=O)NCCNc1nc(Cl)ncc1N. The second-order valence-corrected chi connectivity index (χ2v) is 3.00. The Morgan fingerprint density at radius 3 is 2.93 bits per heavy atom. The van der Waals surface area contributed by atoms with Crippen LogP contribution in [0.25, 0.3) is 0 Å². The van der Waals surface area contributed by atoms with Crippen LogP contribution in [0.2, 0.25) is 5.28 Å². The molecule has 0 spiro atoms. The van der Waals surface area contributed by atoms with E-state index in [4.69, 9.17) is 23.1 Å². The van der Waals surface area contributed by atoms with E-state index in [2.05, 4.69) is 20.6 Å². The smallest absolute Gasteiger partial charge is 0.312 e. The molecule has 0 saturated carbocycles. The largest absolute Gasteiger partial charge is 0.394 e. The first-order chi connectivity index (χ1) is 7.09. The normalized spacial score (nSPS) is 9.67. The number of nitrogens with one attached hydrogen (secondary N) is 2. The number of nitrogens with zero attached hydrogens (tertiary/aromatic N) is 2. The zero-order valence-corrected chi connectivity index (χ0v) is 8.58. The fourth-order valence-electron chi connectivity index (χ4n) is 0.878. The maximum Gasteiger partial charge on any atom is 0.312 e. The third-order valence-corrected chi connectivity index (χ3v) is 1.69. The van der Waals surface area contributed by atoms with Crippen LogP contribution in [-0.2, 0) is 0 Å². The summed E-state index contributed by atoms with van der Waals surface area (Å²) in [5.74, 6) is 0.432. The van der Waals surface area contributed by atoms with E-state index in [9.17, 15) is 4.79 Å². The number of urea groups is 1. The molecule has 1 aromatic rings. The van der Waals surface area contributed by atoms with Gasteiger partial charge in [-0.25, -0.2) is 9.78 Å². The number of hydrogen-bond donors (Lipinski definition) is 4. The van der Waals surface area contributed by atoms with E-state index in [1.54, 1.807) is 0 Å². The molecule has 0 aromatic carbocycles. The van der Waals surface area contributed by atoms with E-state index in [0.717, 1.165) is 0 Å². The first-order valence-corrected chi connectivity index (χ1v) is 4.52. The van der Waals surface area contributed by atoms with Gasteiger partial charge in [0, 0.05) is 13.1 Å². The highest BCUT2D eigenvalue weighted by Crippen LogP contribution is 2.14. The van der Waals surface area contributed by atoms with Crippen LogP contribution in [-0.4, -0.2) is 29.1 Å². The standard InChI is InChI=1S/C7H11ClN6O/c8-6-13-3-4(9)5(14-6)11-1-2-12-7(10)15/h3H,1-2,9H2,(H3,10,12,15)(H,11,13,14). The third-order valence-electron chi connectivity index (χ3n) is 1.50. The predicted octanol–water partition coefficient (Wildman–Crippen LogP) is -0.208. The molecule has 2 amide bonds. The highest BCUT2D eigenvalue weighted by molar-refractivity contribution is 6.28. The van der Waals surface area contributed by atoms with Crippen LogP contribution in [0.3, 0.4) is 0 Å². The van der Waals surface area contributed by atoms with E-state index < -0.39 is 6.03 Å². The van der Waals surface area contributed by atoms with Crippen LogP contribution in [0.15, 0.2) is 6.20 Å². The number of anilines is 2. The summed E-state index contributed by atoms with van der Waals surface area (Å²) in [6, 6.07) is -0.578. The molecule has 0 aliphatic carbocycles. The van der Waals surface area contributed by atoms with Gasteiger partial charge in [-0.05, 0) is 11.6 Å². The lowest BCUT2D eigenvalue weighted by Crippen LogP contribution is -2.33. The van der Waals surface area contributed by atoms with Crippen molar-refractivity contribution in [3.63, 3.8) is 0 Å². The summed E-state index contributed by atoms with van der Waals surface area (Å²) in [4.78, 5) is 17.9. The van der Waals surface area contributed by atoms with Crippen LogP contribution < -0.4 is 22.1 Å². The van der Waals surface area contributed by atoms with Gasteiger partial charge < -0.3 is 22.1 Å². The molecule has 1 heterocycles. The Hall–Kier alpha value is -1.76. The fourth-order valence-corrected chi connectivity index (χ4v) is 1.01. The van der Waals surface area contributed by atoms with Crippen LogP contribution in [0.5, 0.6) is 0 Å². The lowest BCUT2D eigenvalue weighted by atomic mass is 10.4. The predicted molar refractivity (Wildman–Crippen MR) is 57.5 cm³/mol. The Bertz CT molecular complexity index is 357. The zero-order valence-electron chi connectivity index (χ0n) is 7.83. The Balaban J connectivity index is 2.43. The van der Waals surface area contributed by atoms with Crippen molar-refractivity contribution in [2.45, 2.75) is 0 Å². The van der Waals surface area contributed by atoms with Gasteiger partial charge in [-0.1, -0.05) is 0 Å². The monoisotopic (exact) mass is 230 g/mol. The number of primary amides is 1. The van der Waals surface area contributed by atoms with Gasteiger partial charge >= 0.3 is 6.03 Å². The molecular formula is C7H11ClN6O. The van der Waals surface area contributed by atoms with E-state index in [-0.39, 0.29) is 5.28 Å². The zero-order chi connectivity index (χ0) is 11.3. The summed E-state index contributed by atoms with van der Waals surface area (Å²) in [6.07, 6.45) is 1.40. The van der Waals surface area contributed by atoms with Gasteiger partial charge in [0.2, 0.25) is 5.28 Å². The van der Waals surface area contributed by atoms with Gasteiger partial charge in [-0.3, -0.25) is 0 Å². The molecular weight excluding hydrogens is 220 g/mol. The molecule has 1 aromatic heterocycles. The first-order valence-electron chi connectivity index (χ1n) is 4.15. The Morgan fingerprint density at radius 2 is 2.27 bits per heavy atom. The quantitative estimate of drug-likeness (QED) is 0.422. The van der Waals surface area contributed by atoms with Crippen molar-refractivity contribution in [1.82, 2.24) is 15.3 Å². The molecule has 0 fully saturated rings. The van der Waals surface area contributed by atoms with E-state index in [1.807, 2.05) is 0 Å². The topological polar surface area (TPSA) is 119 Å². The van der Waals surface area contributed by atoms with Crippen molar-refractivity contribution in [3.8, 4) is 0 Å². The third kappa shape index (κ3) is 3.86. The second-order valence-electron chi connectivity index (χ2n) is 2.66. The molecule has 8 heteroatoms. The molecule has 6 N–H and O–H groups in total. The van der Waals surface area contributed by atoms with Crippen LogP contribution >= 0.6 is 11.6 Å². The Labute approximate surface area is 91.2 Å². The van der Waals surface area contributed by atoms with Gasteiger partial charge in [-0.15, -0.1) is 0 Å². The van der Waals surface area contributed by atoms with Gasteiger partial charge in [0.15, 0.2) is 5.82 Å². The summed E-state index contributed by atoms with van der Waals surface area (Å²) in [5.41, 5.74) is 10.8. The summed E-state index contributed by atoms with van der Waals surface area (Å²) in [7, 11) is 0. The number of rotatable bonds is 4. The summed E-state index contributed by atoms with van der Waals surface area (Å²) < 4.78 is 0. The number of carbonyl (C=O) groups is 1. The minimum Gasteiger partial charge on any atom is -0.394 e. The number of halogens is 1. The molecule has 15 heavy (non-hydrogen) atoms. The van der Waals surface area contributed by atoms with Gasteiger partial charge in [-0.2, -0.15) is 4.98 Å². The van der Waals surface area contributed by atoms with E-state index in [0.29, 0.717) is 24.6 Å². The minimum absolute atomic E-state index is 0.106.